The fraction of sp³-hybridized carbons (Fsp3) is 0.194. The second kappa shape index (κ2) is 19.5. The predicted octanol–water partition coefficient (Wildman–Crippen LogP) is 15.3. The minimum atomic E-state index is 0.638. The van der Waals surface area contributed by atoms with Crippen LogP contribution < -0.4 is 28.4 Å². The number of aryl methyl sites for hydroxylation is 2. The molecule has 0 fully saturated rings. The Hall–Kier alpha value is -8.10. The summed E-state index contributed by atoms with van der Waals surface area (Å²) in [6, 6.07) is 60.0. The molecule has 0 spiro atoms. The lowest BCUT2D eigenvalue weighted by Gasteiger charge is -2.18. The minimum Gasteiger partial charge on any atom is -0.497 e. The molecule has 0 aliphatic rings. The first-order valence-corrected chi connectivity index (χ1v) is 24.2. The van der Waals surface area contributed by atoms with Gasteiger partial charge in [0.15, 0.2) is 0 Å². The average molecular weight is 925 g/mol. The predicted molar refractivity (Wildman–Crippen MR) is 287 cm³/mol. The van der Waals surface area contributed by atoms with Crippen molar-refractivity contribution in [2.45, 2.75) is 38.8 Å². The van der Waals surface area contributed by atoms with Gasteiger partial charge in [0.2, 0.25) is 0 Å². The molecule has 0 amide bonds. The molecule has 11 aromatic rings. The van der Waals surface area contributed by atoms with E-state index in [2.05, 4.69) is 155 Å². The van der Waals surface area contributed by atoms with Crippen LogP contribution in [-0.4, -0.2) is 50.8 Å². The van der Waals surface area contributed by atoms with Crippen molar-refractivity contribution in [2.24, 2.45) is 0 Å². The number of benzene rings is 9. The standard InChI is InChI=1S/C62H56N2O6/c1-65-45-25-29-57-53(37-45)54-38-46(66-2)26-30-58(54)63(57)33-9-11-35-69-43-21-17-41(18-22-43)61-49-13-5-7-15-51(49)62(52-16-8-6-14-50(52)61)42-19-23-44(24-20-42)70-36-12-10-34-64-59-31-27-47(67-3)39-55(59)56-40-48(68-4)28-32-60(56)64/h5-8,13-32,37-40H,9-12,33-36H2,1-4H3. The number of aromatic nitrogens is 2. The maximum absolute atomic E-state index is 6.35. The second-order valence-electron chi connectivity index (χ2n) is 17.8. The molecule has 2 heterocycles. The Morgan fingerprint density at radius 3 is 0.871 bits per heavy atom. The van der Waals surface area contributed by atoms with E-state index in [-0.39, 0.29) is 0 Å². The van der Waals surface area contributed by atoms with Crippen LogP contribution in [0.2, 0.25) is 0 Å². The van der Waals surface area contributed by atoms with Gasteiger partial charge in [0.1, 0.15) is 34.5 Å². The van der Waals surface area contributed by atoms with Gasteiger partial charge in [-0.1, -0.05) is 72.8 Å². The Labute approximate surface area is 408 Å². The molecule has 0 saturated carbocycles. The number of hydrogen-bond donors (Lipinski definition) is 0. The molecule has 0 radical (unpaired) electrons. The number of unbranched alkanes of at least 4 members (excludes halogenated alkanes) is 2. The summed E-state index contributed by atoms with van der Waals surface area (Å²) >= 11 is 0. The molecular weight excluding hydrogens is 869 g/mol. The summed E-state index contributed by atoms with van der Waals surface area (Å²) in [5.74, 6) is 5.14. The van der Waals surface area contributed by atoms with Gasteiger partial charge < -0.3 is 37.6 Å². The van der Waals surface area contributed by atoms with Gasteiger partial charge in [-0.2, -0.15) is 0 Å². The van der Waals surface area contributed by atoms with E-state index in [1.165, 1.54) is 76.3 Å². The van der Waals surface area contributed by atoms with E-state index in [1.54, 1.807) is 28.4 Å². The number of fused-ring (bicyclic) bond motifs is 8. The first-order chi connectivity index (χ1) is 34.5. The first-order valence-electron chi connectivity index (χ1n) is 24.2. The van der Waals surface area contributed by atoms with Gasteiger partial charge in [-0.3, -0.25) is 0 Å². The van der Waals surface area contributed by atoms with Crippen LogP contribution in [-0.2, 0) is 13.1 Å². The number of hydrogen-bond acceptors (Lipinski definition) is 6. The van der Waals surface area contributed by atoms with Crippen LogP contribution in [0.15, 0.2) is 170 Å². The first kappa shape index (κ1) is 44.4. The Morgan fingerprint density at radius 1 is 0.300 bits per heavy atom. The molecule has 0 N–H and O–H groups in total. The Balaban J connectivity index is 0.755. The summed E-state index contributed by atoms with van der Waals surface area (Å²) in [6.07, 6.45) is 3.82. The molecule has 9 aromatic carbocycles. The van der Waals surface area contributed by atoms with Gasteiger partial charge in [0, 0.05) is 56.7 Å². The third kappa shape index (κ3) is 8.33. The fourth-order valence-corrected chi connectivity index (χ4v) is 10.4. The van der Waals surface area contributed by atoms with Crippen molar-refractivity contribution in [1.82, 2.24) is 9.13 Å². The Bertz CT molecular complexity index is 3240. The van der Waals surface area contributed by atoms with Gasteiger partial charge in [-0.15, -0.1) is 0 Å². The van der Waals surface area contributed by atoms with E-state index >= 15 is 0 Å². The van der Waals surface area contributed by atoms with Gasteiger partial charge in [0.25, 0.3) is 0 Å². The summed E-state index contributed by atoms with van der Waals surface area (Å²) in [4.78, 5) is 0. The average Bonchev–Trinajstić information content (AvgIpc) is 3.90. The summed E-state index contributed by atoms with van der Waals surface area (Å²) in [6.45, 7) is 3.05. The molecule has 0 aliphatic carbocycles. The summed E-state index contributed by atoms with van der Waals surface area (Å²) in [7, 11) is 6.84. The van der Waals surface area contributed by atoms with E-state index in [9.17, 15) is 0 Å². The van der Waals surface area contributed by atoms with Crippen molar-refractivity contribution in [2.75, 3.05) is 41.7 Å². The maximum Gasteiger partial charge on any atom is 0.119 e. The molecule has 2 aromatic heterocycles. The van der Waals surface area contributed by atoms with Crippen molar-refractivity contribution >= 4 is 65.2 Å². The van der Waals surface area contributed by atoms with Crippen molar-refractivity contribution < 1.29 is 28.4 Å². The molecule has 11 rings (SSSR count). The second-order valence-corrected chi connectivity index (χ2v) is 17.8. The zero-order chi connectivity index (χ0) is 47.6. The Kier molecular flexibility index (Phi) is 12.4. The zero-order valence-corrected chi connectivity index (χ0v) is 40.2. The molecule has 350 valence electrons. The summed E-state index contributed by atoms with van der Waals surface area (Å²) < 4.78 is 39.7. The molecule has 0 saturated heterocycles. The van der Waals surface area contributed by atoms with E-state index in [1.807, 2.05) is 24.3 Å². The van der Waals surface area contributed by atoms with Crippen LogP contribution in [0.5, 0.6) is 34.5 Å². The van der Waals surface area contributed by atoms with Crippen LogP contribution in [0.3, 0.4) is 0 Å². The maximum atomic E-state index is 6.35. The largest absolute Gasteiger partial charge is 0.497 e. The molecule has 0 unspecified atom stereocenters. The minimum absolute atomic E-state index is 0.638. The molecule has 0 atom stereocenters. The number of rotatable bonds is 18. The third-order valence-corrected chi connectivity index (χ3v) is 13.9. The van der Waals surface area contributed by atoms with Crippen molar-refractivity contribution in [3.05, 3.63) is 170 Å². The van der Waals surface area contributed by atoms with Gasteiger partial charge >= 0.3 is 0 Å². The molecule has 8 heteroatoms. The lowest BCUT2D eigenvalue weighted by Crippen LogP contribution is -2.02. The molecule has 0 bridgehead atoms. The normalized spacial score (nSPS) is 11.6. The number of methoxy groups -OCH3 is 4. The summed E-state index contributed by atoms with van der Waals surface area (Å²) in [5.41, 5.74) is 9.54. The van der Waals surface area contributed by atoms with Gasteiger partial charge in [-0.05, 0) is 167 Å². The monoisotopic (exact) mass is 924 g/mol. The van der Waals surface area contributed by atoms with Crippen LogP contribution in [0, 0.1) is 0 Å². The lowest BCUT2D eigenvalue weighted by atomic mass is 9.86. The van der Waals surface area contributed by atoms with Crippen molar-refractivity contribution in [1.29, 1.82) is 0 Å². The highest BCUT2D eigenvalue weighted by atomic mass is 16.5. The van der Waals surface area contributed by atoms with Crippen LogP contribution in [0.1, 0.15) is 25.7 Å². The smallest absolute Gasteiger partial charge is 0.119 e. The van der Waals surface area contributed by atoms with Gasteiger partial charge in [-0.25, -0.2) is 0 Å². The highest BCUT2D eigenvalue weighted by molar-refractivity contribution is 6.21. The Morgan fingerprint density at radius 2 is 0.586 bits per heavy atom. The van der Waals surface area contributed by atoms with E-state index < -0.39 is 0 Å². The van der Waals surface area contributed by atoms with Crippen molar-refractivity contribution in [3.8, 4) is 56.8 Å². The highest BCUT2D eigenvalue weighted by Gasteiger charge is 2.18. The third-order valence-electron chi connectivity index (χ3n) is 13.9. The molecule has 8 nitrogen and oxygen atoms in total. The molecular formula is C62H56N2O6. The lowest BCUT2D eigenvalue weighted by molar-refractivity contribution is 0.304. The zero-order valence-electron chi connectivity index (χ0n) is 40.2. The molecule has 0 aliphatic heterocycles. The topological polar surface area (TPSA) is 65.2 Å². The fourth-order valence-electron chi connectivity index (χ4n) is 10.4. The van der Waals surface area contributed by atoms with Gasteiger partial charge in [0.05, 0.1) is 41.7 Å². The van der Waals surface area contributed by atoms with E-state index in [4.69, 9.17) is 28.4 Å². The number of ether oxygens (including phenoxy) is 6. The summed E-state index contributed by atoms with van der Waals surface area (Å²) in [5, 5.41) is 9.53. The SMILES string of the molecule is COc1ccc2c(c1)c1cc(OC)ccc1n2CCCCOc1ccc(-c2c3ccccc3c(-c3ccc(OCCCCn4c5ccc(OC)cc5c5cc(OC)ccc54)cc3)c3ccccc23)cc1. The quantitative estimate of drug-likeness (QED) is 0.0631. The van der Waals surface area contributed by atoms with E-state index in [0.717, 1.165) is 84.4 Å². The van der Waals surface area contributed by atoms with Crippen LogP contribution >= 0.6 is 0 Å². The molecule has 70 heavy (non-hydrogen) atoms. The van der Waals surface area contributed by atoms with Crippen molar-refractivity contribution in [3.63, 3.8) is 0 Å². The van der Waals surface area contributed by atoms with Crippen LogP contribution in [0.25, 0.3) is 87.4 Å². The van der Waals surface area contributed by atoms with Crippen LogP contribution in [0.4, 0.5) is 0 Å². The van der Waals surface area contributed by atoms with E-state index in [0.29, 0.717) is 13.2 Å². The highest BCUT2D eigenvalue weighted by Crippen LogP contribution is 2.44. The number of nitrogens with zero attached hydrogens (tertiary/aromatic N) is 2.